The van der Waals surface area contributed by atoms with E-state index < -0.39 is 0 Å². The van der Waals surface area contributed by atoms with Crippen molar-refractivity contribution in [3.05, 3.63) is 6.20 Å². The topological polar surface area (TPSA) is 86.0 Å². The molecule has 1 fully saturated rings. The third-order valence-electron chi connectivity index (χ3n) is 3.64. The normalized spacial score (nSPS) is 22.8. The lowest BCUT2D eigenvalue weighted by atomic mass is 9.93. The Morgan fingerprint density at radius 3 is 2.76 bits per heavy atom. The SMILES string of the molecule is CC(C)OC1CCC(Nc2ncc3nc(N)sc3n2)CC1. The molecule has 0 bridgehead atoms. The van der Waals surface area contributed by atoms with Gasteiger partial charge in [0.2, 0.25) is 5.95 Å². The Kier molecular flexibility index (Phi) is 4.21. The first-order valence-electron chi connectivity index (χ1n) is 7.41. The smallest absolute Gasteiger partial charge is 0.224 e. The lowest BCUT2D eigenvalue weighted by Gasteiger charge is -2.30. The maximum Gasteiger partial charge on any atom is 0.224 e. The summed E-state index contributed by atoms with van der Waals surface area (Å²) in [7, 11) is 0. The van der Waals surface area contributed by atoms with Crippen molar-refractivity contribution in [3.63, 3.8) is 0 Å². The Balaban J connectivity index is 1.59. The molecule has 0 amide bonds. The predicted molar refractivity (Wildman–Crippen MR) is 85.5 cm³/mol. The summed E-state index contributed by atoms with van der Waals surface area (Å²) in [5, 5.41) is 3.95. The van der Waals surface area contributed by atoms with Gasteiger partial charge < -0.3 is 15.8 Å². The molecule has 2 heterocycles. The molecule has 7 heteroatoms. The Labute approximate surface area is 128 Å². The van der Waals surface area contributed by atoms with Gasteiger partial charge in [-0.25, -0.2) is 15.0 Å². The molecule has 0 unspecified atom stereocenters. The van der Waals surface area contributed by atoms with Gasteiger partial charge in [0.15, 0.2) is 9.96 Å². The van der Waals surface area contributed by atoms with Crippen LogP contribution in [0.1, 0.15) is 39.5 Å². The van der Waals surface area contributed by atoms with Crippen molar-refractivity contribution in [3.8, 4) is 0 Å². The lowest BCUT2D eigenvalue weighted by molar-refractivity contribution is -0.0133. The van der Waals surface area contributed by atoms with Gasteiger partial charge in [0.05, 0.1) is 18.4 Å². The summed E-state index contributed by atoms with van der Waals surface area (Å²) >= 11 is 1.39. The van der Waals surface area contributed by atoms with E-state index in [1.54, 1.807) is 6.20 Å². The van der Waals surface area contributed by atoms with E-state index in [1.807, 2.05) is 0 Å². The van der Waals surface area contributed by atoms with Crippen molar-refractivity contribution >= 4 is 32.8 Å². The van der Waals surface area contributed by atoms with Gasteiger partial charge in [0.1, 0.15) is 5.52 Å². The second-order valence-electron chi connectivity index (χ2n) is 5.74. The quantitative estimate of drug-likeness (QED) is 0.903. The van der Waals surface area contributed by atoms with Gasteiger partial charge in [0, 0.05) is 6.04 Å². The lowest BCUT2D eigenvalue weighted by Crippen LogP contribution is -2.31. The molecule has 114 valence electrons. The standard InChI is InChI=1S/C14H21N5OS/c1-8(2)20-10-5-3-9(4-6-10)17-14-16-7-11-12(19-14)21-13(15)18-11/h7-10H,3-6H2,1-2H3,(H2,15,18)(H,16,17,19). The third kappa shape index (κ3) is 3.59. The fourth-order valence-electron chi connectivity index (χ4n) is 2.73. The number of hydrogen-bond acceptors (Lipinski definition) is 7. The van der Waals surface area contributed by atoms with E-state index in [2.05, 4.69) is 34.1 Å². The fraction of sp³-hybridized carbons (Fsp3) is 0.643. The van der Waals surface area contributed by atoms with Crippen LogP contribution in [0.25, 0.3) is 10.3 Å². The van der Waals surface area contributed by atoms with Crippen molar-refractivity contribution < 1.29 is 4.74 Å². The zero-order valence-electron chi connectivity index (χ0n) is 12.4. The first kappa shape index (κ1) is 14.5. The summed E-state index contributed by atoms with van der Waals surface area (Å²) in [6, 6.07) is 0.416. The summed E-state index contributed by atoms with van der Waals surface area (Å²) in [6.45, 7) is 4.18. The van der Waals surface area contributed by atoms with Crippen LogP contribution in [0.4, 0.5) is 11.1 Å². The number of aromatic nitrogens is 3. The van der Waals surface area contributed by atoms with Crippen LogP contribution in [0.15, 0.2) is 6.20 Å². The number of hydrogen-bond donors (Lipinski definition) is 2. The summed E-state index contributed by atoms with van der Waals surface area (Å²) in [5.74, 6) is 0.666. The van der Waals surface area contributed by atoms with E-state index in [0.717, 1.165) is 36.0 Å². The molecule has 1 saturated carbocycles. The molecule has 3 N–H and O–H groups in total. The van der Waals surface area contributed by atoms with Crippen LogP contribution < -0.4 is 11.1 Å². The van der Waals surface area contributed by atoms with E-state index in [9.17, 15) is 0 Å². The molecule has 3 rings (SSSR count). The summed E-state index contributed by atoms with van der Waals surface area (Å²) in [5.41, 5.74) is 6.45. The van der Waals surface area contributed by atoms with Crippen LogP contribution in [0.3, 0.4) is 0 Å². The Bertz CT molecular complexity index is 606. The van der Waals surface area contributed by atoms with Crippen LogP contribution in [-0.2, 0) is 4.74 Å². The molecular formula is C14H21N5OS. The molecule has 0 radical (unpaired) electrons. The van der Waals surface area contributed by atoms with Gasteiger partial charge in [-0.3, -0.25) is 0 Å². The minimum absolute atomic E-state index is 0.307. The number of thiazole rings is 1. The Morgan fingerprint density at radius 1 is 1.29 bits per heavy atom. The van der Waals surface area contributed by atoms with E-state index in [0.29, 0.717) is 29.3 Å². The summed E-state index contributed by atoms with van der Waals surface area (Å²) < 4.78 is 5.87. The van der Waals surface area contributed by atoms with Gasteiger partial charge in [-0.05, 0) is 39.5 Å². The van der Waals surface area contributed by atoms with E-state index in [-0.39, 0.29) is 0 Å². The highest BCUT2D eigenvalue weighted by Crippen LogP contribution is 2.26. The number of rotatable bonds is 4. The number of fused-ring (bicyclic) bond motifs is 1. The van der Waals surface area contributed by atoms with E-state index in [1.165, 1.54) is 11.3 Å². The minimum Gasteiger partial charge on any atom is -0.376 e. The second kappa shape index (κ2) is 6.11. The minimum atomic E-state index is 0.307. The molecule has 0 saturated heterocycles. The monoisotopic (exact) mass is 307 g/mol. The molecule has 0 aliphatic heterocycles. The van der Waals surface area contributed by atoms with Crippen LogP contribution in [-0.4, -0.2) is 33.2 Å². The first-order chi connectivity index (χ1) is 10.1. The van der Waals surface area contributed by atoms with Crippen LogP contribution in [0.2, 0.25) is 0 Å². The Morgan fingerprint density at radius 2 is 2.05 bits per heavy atom. The molecular weight excluding hydrogens is 286 g/mol. The number of nitrogens with zero attached hydrogens (tertiary/aromatic N) is 3. The maximum absolute atomic E-state index is 5.87. The number of nitrogens with one attached hydrogen (secondary N) is 1. The number of ether oxygens (including phenoxy) is 1. The molecule has 1 aliphatic rings. The van der Waals surface area contributed by atoms with Gasteiger partial charge in [-0.15, -0.1) is 0 Å². The highest BCUT2D eigenvalue weighted by atomic mass is 32.1. The average molecular weight is 307 g/mol. The fourth-order valence-corrected chi connectivity index (χ4v) is 3.41. The molecule has 21 heavy (non-hydrogen) atoms. The van der Waals surface area contributed by atoms with Crippen LogP contribution >= 0.6 is 11.3 Å². The maximum atomic E-state index is 5.87. The summed E-state index contributed by atoms with van der Waals surface area (Å²) in [6.07, 6.45) is 6.78. The molecule has 2 aromatic rings. The number of anilines is 2. The van der Waals surface area contributed by atoms with Gasteiger partial charge in [-0.2, -0.15) is 0 Å². The predicted octanol–water partition coefficient (Wildman–Crippen LogP) is 2.82. The molecule has 2 aromatic heterocycles. The third-order valence-corrected chi connectivity index (χ3v) is 4.43. The first-order valence-corrected chi connectivity index (χ1v) is 8.23. The second-order valence-corrected chi connectivity index (χ2v) is 6.75. The number of nitrogens with two attached hydrogens (primary N) is 1. The number of nitrogen functional groups attached to an aromatic ring is 1. The van der Waals surface area contributed by atoms with Crippen molar-refractivity contribution in [2.75, 3.05) is 11.1 Å². The van der Waals surface area contributed by atoms with Gasteiger partial charge >= 0.3 is 0 Å². The zero-order valence-corrected chi connectivity index (χ0v) is 13.2. The Hall–Kier alpha value is -1.47. The summed E-state index contributed by atoms with van der Waals surface area (Å²) in [4.78, 5) is 13.8. The van der Waals surface area contributed by atoms with Crippen molar-refractivity contribution in [1.29, 1.82) is 0 Å². The van der Waals surface area contributed by atoms with Crippen molar-refractivity contribution in [2.45, 2.75) is 57.8 Å². The molecule has 0 spiro atoms. The highest BCUT2D eigenvalue weighted by molar-refractivity contribution is 7.21. The highest BCUT2D eigenvalue weighted by Gasteiger charge is 2.22. The molecule has 1 aliphatic carbocycles. The average Bonchev–Trinajstić information content (AvgIpc) is 2.80. The van der Waals surface area contributed by atoms with E-state index in [4.69, 9.17) is 10.5 Å². The van der Waals surface area contributed by atoms with Crippen molar-refractivity contribution in [2.24, 2.45) is 0 Å². The molecule has 0 aromatic carbocycles. The molecule has 6 nitrogen and oxygen atoms in total. The van der Waals surface area contributed by atoms with Crippen LogP contribution in [0.5, 0.6) is 0 Å². The van der Waals surface area contributed by atoms with E-state index >= 15 is 0 Å². The van der Waals surface area contributed by atoms with Crippen molar-refractivity contribution in [1.82, 2.24) is 15.0 Å². The van der Waals surface area contributed by atoms with Gasteiger partial charge in [0.25, 0.3) is 0 Å². The molecule has 0 atom stereocenters. The largest absolute Gasteiger partial charge is 0.376 e. The van der Waals surface area contributed by atoms with Crippen LogP contribution in [0, 0.1) is 0 Å². The zero-order chi connectivity index (χ0) is 14.8. The van der Waals surface area contributed by atoms with Gasteiger partial charge in [-0.1, -0.05) is 11.3 Å².